The van der Waals surface area contributed by atoms with Gasteiger partial charge in [0.15, 0.2) is 0 Å². The molecule has 0 bridgehead atoms. The molecule has 1 fully saturated rings. The molecular formula is C32H28ClFN6. The first-order valence-electron chi connectivity index (χ1n) is 13.9. The molecule has 6 rings (SSSR count). The lowest BCUT2D eigenvalue weighted by Gasteiger charge is -2.22. The Kier molecular flexibility index (Phi) is 6.85. The lowest BCUT2D eigenvalue weighted by atomic mass is 9.89. The fourth-order valence-electron chi connectivity index (χ4n) is 5.07. The van der Waals surface area contributed by atoms with Crippen molar-refractivity contribution in [2.75, 3.05) is 5.32 Å². The van der Waals surface area contributed by atoms with E-state index in [4.69, 9.17) is 11.6 Å². The van der Waals surface area contributed by atoms with Crippen molar-refractivity contribution in [2.24, 2.45) is 0 Å². The summed E-state index contributed by atoms with van der Waals surface area (Å²) in [4.78, 5) is 4.50. The lowest BCUT2D eigenvalue weighted by Crippen LogP contribution is -2.12. The zero-order valence-electron chi connectivity index (χ0n) is 23.0. The van der Waals surface area contributed by atoms with Crippen molar-refractivity contribution in [3.8, 4) is 6.07 Å². The Morgan fingerprint density at radius 3 is 2.62 bits per heavy atom. The summed E-state index contributed by atoms with van der Waals surface area (Å²) in [5.74, 6) is -1.73. The average Bonchev–Trinajstić information content (AvgIpc) is 3.72. The van der Waals surface area contributed by atoms with Crippen LogP contribution < -0.4 is 5.32 Å². The van der Waals surface area contributed by atoms with Crippen molar-refractivity contribution in [3.63, 3.8) is 0 Å². The highest BCUT2D eigenvalue weighted by molar-refractivity contribution is 6.35. The van der Waals surface area contributed by atoms with E-state index in [2.05, 4.69) is 45.7 Å². The molecule has 0 saturated heterocycles. The van der Waals surface area contributed by atoms with Crippen LogP contribution in [0.25, 0.3) is 10.9 Å². The second kappa shape index (κ2) is 11.1. The minimum Gasteiger partial charge on any atom is -0.377 e. The van der Waals surface area contributed by atoms with Crippen molar-refractivity contribution in [1.29, 1.82) is 5.26 Å². The maximum Gasteiger partial charge on any atom is 0.123 e. The third kappa shape index (κ3) is 5.28. The molecule has 1 aliphatic rings. The van der Waals surface area contributed by atoms with Crippen LogP contribution in [0.1, 0.15) is 73.5 Å². The summed E-state index contributed by atoms with van der Waals surface area (Å²) in [7, 11) is 0. The number of hydrogen-bond donors (Lipinski definition) is 1. The lowest BCUT2D eigenvalue weighted by molar-refractivity contribution is 0.610. The molecule has 200 valence electrons. The number of nitriles is 1. The molecular weight excluding hydrogens is 523 g/mol. The van der Waals surface area contributed by atoms with Crippen molar-refractivity contribution >= 4 is 28.2 Å². The molecule has 0 spiro atoms. The van der Waals surface area contributed by atoms with Crippen molar-refractivity contribution in [1.82, 2.24) is 20.0 Å². The second-order valence-electron chi connectivity index (χ2n) is 10.1. The molecule has 1 N–H and O–H groups in total. The molecule has 3 aromatic carbocycles. The molecule has 2 atom stereocenters. The summed E-state index contributed by atoms with van der Waals surface area (Å²) in [6.45, 7) is 2.09. The monoisotopic (exact) mass is 551 g/mol. The summed E-state index contributed by atoms with van der Waals surface area (Å²) in [5, 5.41) is 23.4. The van der Waals surface area contributed by atoms with Gasteiger partial charge in [-0.2, -0.15) is 5.26 Å². The summed E-state index contributed by atoms with van der Waals surface area (Å²) in [6.07, 6.45) is 6.43. The molecule has 2 aromatic heterocycles. The van der Waals surface area contributed by atoms with E-state index < -0.39 is 5.89 Å². The number of hydrogen-bond acceptors (Lipinski definition) is 5. The first-order valence-corrected chi connectivity index (χ1v) is 13.8. The maximum atomic E-state index is 13.9. The summed E-state index contributed by atoms with van der Waals surface area (Å²) < 4.78 is 25.4. The SMILES string of the molecule is [2H][C@@](Cc1cc(Cl)c2ncc(C#N)c(N[C@H](CC)c3ccccc3)c2c1)(c1ccc(F)cc1)c1cn(C2CC2)nn1. The molecule has 8 heteroatoms. The highest BCUT2D eigenvalue weighted by Crippen LogP contribution is 2.38. The Morgan fingerprint density at radius 1 is 1.15 bits per heavy atom. The quantitative estimate of drug-likeness (QED) is 0.202. The van der Waals surface area contributed by atoms with Crippen LogP contribution in [-0.2, 0) is 6.42 Å². The zero-order valence-corrected chi connectivity index (χ0v) is 22.7. The standard InChI is InChI=1S/C32H28ClFN6/c1-2-29(22-6-4-3-5-7-22)37-31-23(17-35)18-36-32-27(31)15-20(16-28(32)33)14-26(21-8-10-24(34)11-9-21)30-19-40(39-38-30)25-12-13-25/h3-11,15-16,18-19,25-26,29H,2,12-14H2,1H3,(H,36,37)/t26-,29-/m1/s1/i26D. The predicted octanol–water partition coefficient (Wildman–Crippen LogP) is 7.76. The Bertz CT molecular complexity index is 1750. The van der Waals surface area contributed by atoms with Crippen LogP contribution in [-0.4, -0.2) is 20.0 Å². The first-order chi connectivity index (χ1) is 19.9. The number of benzene rings is 3. The van der Waals surface area contributed by atoms with Crippen LogP contribution in [0.15, 0.2) is 79.1 Å². The highest BCUT2D eigenvalue weighted by atomic mass is 35.5. The fourth-order valence-corrected chi connectivity index (χ4v) is 5.36. The van der Waals surface area contributed by atoms with Crippen molar-refractivity contribution in [2.45, 2.75) is 50.6 Å². The van der Waals surface area contributed by atoms with Crippen LogP contribution in [0.5, 0.6) is 0 Å². The molecule has 0 unspecified atom stereocenters. The Balaban J connectivity index is 1.46. The number of rotatable bonds is 9. The van der Waals surface area contributed by atoms with E-state index in [-0.39, 0.29) is 18.3 Å². The van der Waals surface area contributed by atoms with Crippen molar-refractivity contribution in [3.05, 3.63) is 118 Å². The van der Waals surface area contributed by atoms with Gasteiger partial charge in [0, 0.05) is 25.0 Å². The van der Waals surface area contributed by atoms with E-state index >= 15 is 0 Å². The van der Waals surface area contributed by atoms with E-state index in [1.807, 2.05) is 35.1 Å². The van der Waals surface area contributed by atoms with Gasteiger partial charge in [0.2, 0.25) is 0 Å². The van der Waals surface area contributed by atoms with Gasteiger partial charge in [0.1, 0.15) is 11.9 Å². The van der Waals surface area contributed by atoms with Gasteiger partial charge in [-0.15, -0.1) is 5.10 Å². The van der Waals surface area contributed by atoms with Gasteiger partial charge in [-0.05, 0) is 66.6 Å². The molecule has 0 aliphatic heterocycles. The van der Waals surface area contributed by atoms with E-state index in [0.717, 1.165) is 30.4 Å². The molecule has 5 aromatic rings. The molecule has 0 amide bonds. The Morgan fingerprint density at radius 2 is 1.93 bits per heavy atom. The minimum atomic E-state index is -1.36. The summed E-state index contributed by atoms with van der Waals surface area (Å²) in [5.41, 5.74) is 4.55. The van der Waals surface area contributed by atoms with Crippen LogP contribution in [0, 0.1) is 17.1 Å². The second-order valence-corrected chi connectivity index (χ2v) is 10.5. The van der Waals surface area contributed by atoms with E-state index in [0.29, 0.717) is 44.5 Å². The number of aromatic nitrogens is 4. The number of nitrogens with zero attached hydrogens (tertiary/aromatic N) is 5. The number of anilines is 1. The molecule has 1 aliphatic carbocycles. The number of nitrogens with one attached hydrogen (secondary N) is 1. The largest absolute Gasteiger partial charge is 0.377 e. The van der Waals surface area contributed by atoms with Gasteiger partial charge in [-0.25, -0.2) is 9.07 Å². The summed E-state index contributed by atoms with van der Waals surface area (Å²) in [6, 6.07) is 22.3. The fraction of sp³-hybridized carbons (Fsp3) is 0.250. The number of fused-ring (bicyclic) bond motifs is 1. The Hall–Kier alpha value is -4.28. The molecule has 0 radical (unpaired) electrons. The van der Waals surface area contributed by atoms with E-state index in [1.165, 1.54) is 18.3 Å². The van der Waals surface area contributed by atoms with Crippen LogP contribution in [0.3, 0.4) is 0 Å². The molecule has 1 saturated carbocycles. The third-order valence-corrected chi connectivity index (χ3v) is 7.64. The topological polar surface area (TPSA) is 79.4 Å². The Labute approximate surface area is 238 Å². The molecule has 40 heavy (non-hydrogen) atoms. The zero-order chi connectivity index (χ0) is 28.6. The van der Waals surface area contributed by atoms with Gasteiger partial charge >= 0.3 is 0 Å². The van der Waals surface area contributed by atoms with Gasteiger partial charge in [-0.3, -0.25) is 4.98 Å². The molecule has 2 heterocycles. The predicted molar refractivity (Wildman–Crippen MR) is 155 cm³/mol. The normalized spacial score (nSPS) is 15.7. The van der Waals surface area contributed by atoms with Crippen LogP contribution in [0.2, 0.25) is 5.02 Å². The first kappa shape index (κ1) is 24.7. The van der Waals surface area contributed by atoms with Crippen LogP contribution >= 0.6 is 11.6 Å². The molecule has 6 nitrogen and oxygen atoms in total. The van der Waals surface area contributed by atoms with E-state index in [9.17, 15) is 11.0 Å². The van der Waals surface area contributed by atoms with Gasteiger partial charge in [-0.1, -0.05) is 66.2 Å². The number of halogens is 2. The van der Waals surface area contributed by atoms with Gasteiger partial charge < -0.3 is 5.32 Å². The average molecular weight is 552 g/mol. The smallest absolute Gasteiger partial charge is 0.123 e. The summed E-state index contributed by atoms with van der Waals surface area (Å²) >= 11 is 6.80. The van der Waals surface area contributed by atoms with Crippen LogP contribution in [0.4, 0.5) is 10.1 Å². The van der Waals surface area contributed by atoms with E-state index in [1.54, 1.807) is 18.2 Å². The van der Waals surface area contributed by atoms with Gasteiger partial charge in [0.05, 0.1) is 39.6 Å². The highest BCUT2D eigenvalue weighted by Gasteiger charge is 2.27. The van der Waals surface area contributed by atoms with Crippen molar-refractivity contribution < 1.29 is 5.76 Å². The minimum absolute atomic E-state index is 0.0386. The van der Waals surface area contributed by atoms with Gasteiger partial charge in [0.25, 0.3) is 0 Å². The number of pyridine rings is 1. The third-order valence-electron chi connectivity index (χ3n) is 7.35. The maximum absolute atomic E-state index is 13.9.